The van der Waals surface area contributed by atoms with E-state index in [9.17, 15) is 13.2 Å². The van der Waals surface area contributed by atoms with Crippen LogP contribution in [0.15, 0.2) is 54.6 Å². The summed E-state index contributed by atoms with van der Waals surface area (Å²) in [6.07, 6.45) is 0. The Morgan fingerprint density at radius 2 is 1.45 bits per heavy atom. The van der Waals surface area contributed by atoms with Gasteiger partial charge in [-0.15, -0.1) is 0 Å². The largest absolute Gasteiger partial charge is 0.741 e. The smallest absolute Gasteiger partial charge is 0.485 e. The lowest BCUT2D eigenvalue weighted by atomic mass is 10.2. The van der Waals surface area contributed by atoms with Crippen molar-refractivity contribution in [1.82, 2.24) is 0 Å². The highest BCUT2D eigenvalue weighted by molar-refractivity contribution is 7.86. The second-order valence-corrected chi connectivity index (χ2v) is 8.49. The van der Waals surface area contributed by atoms with Crippen molar-refractivity contribution in [3.63, 3.8) is 0 Å². The standard InChI is InChI=1S/C13H12I.CHF3O3S/c1-11-6-5-9-13(10-11)14-12-7-3-2-4-8-12;2-1(3,4)8(5,6)7/h2-10H,1H3;(H,5,6,7)/q+1;/p-1. The van der Waals surface area contributed by atoms with Crippen LogP contribution >= 0.6 is 0 Å². The lowest BCUT2D eigenvalue weighted by Crippen LogP contribution is -3.61. The number of hydrogen-bond donors (Lipinski definition) is 0. The first-order valence-corrected chi connectivity index (χ1v) is 9.45. The van der Waals surface area contributed by atoms with E-state index >= 15 is 0 Å². The zero-order valence-electron chi connectivity index (χ0n) is 11.3. The van der Waals surface area contributed by atoms with Crippen molar-refractivity contribution in [3.05, 3.63) is 67.3 Å². The molecule has 0 aliphatic heterocycles. The van der Waals surface area contributed by atoms with Crippen molar-refractivity contribution in [1.29, 1.82) is 0 Å². The lowest BCUT2D eigenvalue weighted by Gasteiger charge is -2.08. The zero-order valence-corrected chi connectivity index (χ0v) is 14.3. The van der Waals surface area contributed by atoms with E-state index in [-0.39, 0.29) is 21.2 Å². The van der Waals surface area contributed by atoms with Crippen LogP contribution < -0.4 is 21.2 Å². The first kappa shape index (κ1) is 18.9. The molecule has 22 heavy (non-hydrogen) atoms. The van der Waals surface area contributed by atoms with Crippen LogP contribution in [0.2, 0.25) is 0 Å². The van der Waals surface area contributed by atoms with E-state index in [4.69, 9.17) is 13.0 Å². The SMILES string of the molecule is Cc1cccc([I+]c2ccccc2)c1.O=S(=O)([O-])C(F)(F)F. The first-order valence-electron chi connectivity index (χ1n) is 5.88. The van der Waals surface area contributed by atoms with Crippen LogP contribution in [0.4, 0.5) is 13.2 Å². The molecule has 2 aromatic rings. The molecule has 0 atom stereocenters. The minimum absolute atomic E-state index is 0.0119. The maximum absolute atomic E-state index is 10.7. The van der Waals surface area contributed by atoms with Gasteiger partial charge in [0.1, 0.15) is 0 Å². The molecule has 0 saturated heterocycles. The number of alkyl halides is 3. The van der Waals surface area contributed by atoms with E-state index < -0.39 is 15.6 Å². The molecule has 0 bridgehead atoms. The molecule has 0 aliphatic carbocycles. The summed E-state index contributed by atoms with van der Waals surface area (Å²) in [7, 11) is -6.09. The highest BCUT2D eigenvalue weighted by Gasteiger charge is 2.36. The topological polar surface area (TPSA) is 57.2 Å². The van der Waals surface area contributed by atoms with Crippen molar-refractivity contribution in [2.75, 3.05) is 0 Å². The van der Waals surface area contributed by atoms with Crippen LogP contribution in [-0.2, 0) is 10.1 Å². The van der Waals surface area contributed by atoms with Crippen molar-refractivity contribution in [2.24, 2.45) is 0 Å². The van der Waals surface area contributed by atoms with E-state index in [0.717, 1.165) is 0 Å². The predicted molar refractivity (Wildman–Crippen MR) is 70.8 cm³/mol. The van der Waals surface area contributed by atoms with Gasteiger partial charge in [-0.05, 0) is 36.8 Å². The minimum Gasteiger partial charge on any atom is -0.741 e. The summed E-state index contributed by atoms with van der Waals surface area (Å²) in [6.45, 7) is 2.15. The summed E-state index contributed by atoms with van der Waals surface area (Å²) in [5, 5.41) is 0. The van der Waals surface area contributed by atoms with Crippen LogP contribution in [0, 0.1) is 14.1 Å². The van der Waals surface area contributed by atoms with Crippen LogP contribution in [-0.4, -0.2) is 18.5 Å². The number of hydrogen-bond acceptors (Lipinski definition) is 3. The van der Waals surface area contributed by atoms with Crippen LogP contribution in [0.25, 0.3) is 0 Å². The second-order valence-electron chi connectivity index (χ2n) is 4.09. The lowest BCUT2D eigenvalue weighted by molar-refractivity contribution is -0.597. The fraction of sp³-hybridized carbons (Fsp3) is 0.143. The zero-order chi connectivity index (χ0) is 16.8. The highest BCUT2D eigenvalue weighted by Crippen LogP contribution is 2.20. The fourth-order valence-corrected chi connectivity index (χ4v) is 3.80. The molecule has 0 radical (unpaired) electrons. The Kier molecular flexibility index (Phi) is 6.82. The van der Waals surface area contributed by atoms with Crippen molar-refractivity contribution in [2.45, 2.75) is 12.4 Å². The minimum atomic E-state index is -6.09. The van der Waals surface area contributed by atoms with Gasteiger partial charge in [-0.1, -0.05) is 30.3 Å². The van der Waals surface area contributed by atoms with Gasteiger partial charge in [-0.2, -0.15) is 13.2 Å². The monoisotopic (exact) mass is 444 g/mol. The molecule has 2 rings (SSSR count). The van der Waals surface area contributed by atoms with Crippen molar-refractivity contribution < 1.29 is 47.3 Å². The summed E-state index contributed by atoms with van der Waals surface area (Å²) < 4.78 is 61.9. The molecule has 0 fully saturated rings. The molecule has 0 N–H and O–H groups in total. The van der Waals surface area contributed by atoms with Gasteiger partial charge in [-0.25, -0.2) is 8.42 Å². The average molecular weight is 444 g/mol. The molecule has 0 amide bonds. The van der Waals surface area contributed by atoms with E-state index in [1.54, 1.807) is 0 Å². The average Bonchev–Trinajstić information content (AvgIpc) is 2.38. The number of rotatable bonds is 2. The van der Waals surface area contributed by atoms with Gasteiger partial charge < -0.3 is 4.55 Å². The summed E-state index contributed by atoms with van der Waals surface area (Å²) >= 11 is 0.0119. The number of aryl methyl sites for hydroxylation is 1. The quantitative estimate of drug-likeness (QED) is 0.377. The Morgan fingerprint density at radius 3 is 1.91 bits per heavy atom. The molecule has 0 spiro atoms. The predicted octanol–water partition coefficient (Wildman–Crippen LogP) is 0.175. The summed E-state index contributed by atoms with van der Waals surface area (Å²) in [6, 6.07) is 19.6. The van der Waals surface area contributed by atoms with Gasteiger partial charge in [0.05, 0.1) is 0 Å². The van der Waals surface area contributed by atoms with E-state index in [2.05, 4.69) is 61.5 Å². The van der Waals surface area contributed by atoms with Gasteiger partial charge in [0.25, 0.3) is 0 Å². The molecule has 120 valence electrons. The third-order valence-corrected chi connectivity index (χ3v) is 5.42. The first-order chi connectivity index (χ1) is 10.1. The Hall–Kier alpha value is -1.13. The van der Waals surface area contributed by atoms with Crippen LogP contribution in [0.3, 0.4) is 0 Å². The van der Waals surface area contributed by atoms with Crippen LogP contribution in [0.5, 0.6) is 0 Å². The molecule has 0 aromatic heterocycles. The van der Waals surface area contributed by atoms with Gasteiger partial charge >= 0.3 is 26.7 Å². The van der Waals surface area contributed by atoms with Gasteiger partial charge in [0, 0.05) is 0 Å². The molecule has 2 aromatic carbocycles. The third kappa shape index (κ3) is 6.75. The number of benzene rings is 2. The molecular weight excluding hydrogens is 432 g/mol. The highest BCUT2D eigenvalue weighted by atomic mass is 127. The molecule has 0 unspecified atom stereocenters. The molecule has 0 saturated carbocycles. The van der Waals surface area contributed by atoms with E-state index in [0.29, 0.717) is 0 Å². The molecular formula is C14H12F3IO3S. The van der Waals surface area contributed by atoms with Crippen LogP contribution in [0.1, 0.15) is 5.56 Å². The number of halogens is 4. The summed E-state index contributed by atoms with van der Waals surface area (Å²) in [4.78, 5) is 0. The van der Waals surface area contributed by atoms with E-state index in [1.165, 1.54) is 12.7 Å². The normalized spacial score (nSPS) is 11.5. The molecule has 8 heteroatoms. The van der Waals surface area contributed by atoms with Crippen molar-refractivity contribution >= 4 is 10.1 Å². The van der Waals surface area contributed by atoms with Gasteiger partial charge in [0.15, 0.2) is 17.3 Å². The fourth-order valence-electron chi connectivity index (χ4n) is 1.27. The molecule has 0 aliphatic rings. The Balaban J connectivity index is 0.000000261. The maximum Gasteiger partial charge on any atom is 0.485 e. The Morgan fingerprint density at radius 1 is 0.955 bits per heavy atom. The van der Waals surface area contributed by atoms with Crippen molar-refractivity contribution in [3.8, 4) is 0 Å². The summed E-state index contributed by atoms with van der Waals surface area (Å²) in [5.74, 6) is 0. The Bertz CT molecular complexity index is 701. The third-order valence-electron chi connectivity index (χ3n) is 2.21. The van der Waals surface area contributed by atoms with Gasteiger partial charge in [-0.3, -0.25) is 0 Å². The Labute approximate surface area is 137 Å². The van der Waals surface area contributed by atoms with E-state index in [1.807, 2.05) is 0 Å². The second kappa shape index (κ2) is 7.93. The van der Waals surface area contributed by atoms with Gasteiger partial charge in [0.2, 0.25) is 0 Å². The maximum atomic E-state index is 10.7. The molecule has 3 nitrogen and oxygen atoms in total. The summed E-state index contributed by atoms with van der Waals surface area (Å²) in [5.41, 5.74) is -4.29. The molecule has 0 heterocycles.